The van der Waals surface area contributed by atoms with Crippen LogP contribution in [0.5, 0.6) is 11.6 Å². The van der Waals surface area contributed by atoms with Crippen LogP contribution in [0.2, 0.25) is 0 Å². The lowest BCUT2D eigenvalue weighted by Crippen LogP contribution is -2.51. The molecule has 2 saturated heterocycles. The molecule has 2 bridgehead atoms. The monoisotopic (exact) mass is 660 g/mol. The summed E-state index contributed by atoms with van der Waals surface area (Å²) in [7, 11) is 3.19. The van der Waals surface area contributed by atoms with Crippen LogP contribution in [0.15, 0.2) is 54.9 Å². The van der Waals surface area contributed by atoms with Gasteiger partial charge in [0.25, 0.3) is 11.8 Å². The second-order valence-electron chi connectivity index (χ2n) is 14.2. The fourth-order valence-corrected chi connectivity index (χ4v) is 8.29. The number of aromatic nitrogens is 5. The number of carbonyl (C=O) groups excluding carboxylic acids is 2. The molecule has 2 N–H and O–H groups in total. The standard InChI is InChI=1S/C37H40N8O4/c1-48-30-14-26(37(47)44-20-25-7-8-28(44)32(25)38)12-27-33(30)45(19-22-16-42(17-22)36(46)24-9-11-39-31(15-24)49-2)35(41-27)29-13-23-4-3-10-40-34(23)43(29)18-21-5-6-21/h3-4,9-15,21-22,25,28,32H,5-8,16-20,38H2,1-2H3/t25?,28?,32-/m1/s1. The van der Waals surface area contributed by atoms with Gasteiger partial charge in [0.1, 0.15) is 16.9 Å². The van der Waals surface area contributed by atoms with Crippen LogP contribution < -0.4 is 15.2 Å². The molecule has 1 aromatic carbocycles. The summed E-state index contributed by atoms with van der Waals surface area (Å²) < 4.78 is 15.8. The fraction of sp³-hybridized carbons (Fsp3) is 0.432. The van der Waals surface area contributed by atoms with E-state index in [9.17, 15) is 9.59 Å². The van der Waals surface area contributed by atoms with Crippen molar-refractivity contribution in [1.82, 2.24) is 33.9 Å². The minimum Gasteiger partial charge on any atom is -0.494 e. The van der Waals surface area contributed by atoms with E-state index in [1.54, 1.807) is 32.5 Å². The molecule has 4 aromatic heterocycles. The second-order valence-corrected chi connectivity index (χ2v) is 14.2. The quantitative estimate of drug-likeness (QED) is 0.249. The van der Waals surface area contributed by atoms with E-state index in [2.05, 4.69) is 26.3 Å². The van der Waals surface area contributed by atoms with Crippen LogP contribution in [0.1, 0.15) is 46.4 Å². The van der Waals surface area contributed by atoms with E-state index in [0.717, 1.165) is 47.5 Å². The van der Waals surface area contributed by atoms with E-state index < -0.39 is 0 Å². The zero-order valence-corrected chi connectivity index (χ0v) is 27.8. The van der Waals surface area contributed by atoms with Crippen molar-refractivity contribution in [3.8, 4) is 23.1 Å². The van der Waals surface area contributed by atoms with Gasteiger partial charge in [0, 0.05) is 85.7 Å². The number of carbonyl (C=O) groups is 2. The van der Waals surface area contributed by atoms with Gasteiger partial charge in [-0.25, -0.2) is 15.0 Å². The molecule has 4 aliphatic rings. The van der Waals surface area contributed by atoms with Gasteiger partial charge in [-0.1, -0.05) is 0 Å². The summed E-state index contributed by atoms with van der Waals surface area (Å²) >= 11 is 0. The molecule has 2 amide bonds. The average molecular weight is 661 g/mol. The van der Waals surface area contributed by atoms with Crippen molar-refractivity contribution < 1.29 is 19.1 Å². The Labute approximate surface area is 283 Å². The van der Waals surface area contributed by atoms with Crippen LogP contribution in [0.4, 0.5) is 0 Å². The minimum absolute atomic E-state index is 0.0214. The van der Waals surface area contributed by atoms with E-state index in [1.807, 2.05) is 34.2 Å². The van der Waals surface area contributed by atoms with E-state index in [0.29, 0.717) is 66.3 Å². The van der Waals surface area contributed by atoms with E-state index in [1.165, 1.54) is 12.8 Å². The van der Waals surface area contributed by atoms with Crippen molar-refractivity contribution in [3.63, 3.8) is 0 Å². The van der Waals surface area contributed by atoms with E-state index >= 15 is 0 Å². The Morgan fingerprint density at radius 1 is 0.857 bits per heavy atom. The highest BCUT2D eigenvalue weighted by Crippen LogP contribution is 2.41. The maximum atomic E-state index is 14.0. The summed E-state index contributed by atoms with van der Waals surface area (Å²) in [5.74, 6) is 2.94. The lowest BCUT2D eigenvalue weighted by molar-refractivity contribution is 0.0471. The first-order chi connectivity index (χ1) is 23.9. The number of rotatable bonds is 9. The molecule has 5 aromatic rings. The van der Waals surface area contributed by atoms with Gasteiger partial charge in [-0.3, -0.25) is 9.59 Å². The van der Waals surface area contributed by atoms with Crippen LogP contribution in [0.25, 0.3) is 33.6 Å². The molecular formula is C37H40N8O4. The van der Waals surface area contributed by atoms with Gasteiger partial charge in [-0.05, 0) is 73.9 Å². The SMILES string of the molecule is COc1cc(C(=O)N2CC(Cn3c(-c4cc5cccnc5n4CC4CC4)nc4cc(C(=O)N5CC6CCC5[C@@H]6N)cc(OC)c43)C2)ccn1. The van der Waals surface area contributed by atoms with Crippen molar-refractivity contribution in [2.75, 3.05) is 33.9 Å². The molecule has 2 saturated carbocycles. The zero-order valence-electron chi connectivity index (χ0n) is 27.8. The molecular weight excluding hydrogens is 620 g/mol. The van der Waals surface area contributed by atoms with E-state index in [4.69, 9.17) is 25.2 Å². The summed E-state index contributed by atoms with van der Waals surface area (Å²) in [6.07, 6.45) is 7.88. The number of benzene rings is 1. The molecule has 6 heterocycles. The van der Waals surface area contributed by atoms with Gasteiger partial charge in [-0.15, -0.1) is 0 Å². The predicted octanol–water partition coefficient (Wildman–Crippen LogP) is 4.21. The molecule has 252 valence electrons. The molecule has 0 radical (unpaired) electrons. The number of amides is 2. The number of hydrogen-bond acceptors (Lipinski definition) is 8. The lowest BCUT2D eigenvalue weighted by Gasteiger charge is -2.39. The summed E-state index contributed by atoms with van der Waals surface area (Å²) in [6, 6.07) is 13.5. The Morgan fingerprint density at radius 2 is 1.69 bits per heavy atom. The van der Waals surface area contributed by atoms with Gasteiger partial charge in [0.2, 0.25) is 5.88 Å². The number of piperidine rings is 1. The van der Waals surface area contributed by atoms with E-state index in [-0.39, 0.29) is 29.8 Å². The molecule has 3 atom stereocenters. The Bertz CT molecular complexity index is 2110. The minimum atomic E-state index is -0.0423. The number of fused-ring (bicyclic) bond motifs is 4. The maximum Gasteiger partial charge on any atom is 0.254 e. The Hall–Kier alpha value is -4.97. The van der Waals surface area contributed by atoms with Crippen molar-refractivity contribution in [2.24, 2.45) is 23.5 Å². The summed E-state index contributed by atoms with van der Waals surface area (Å²) in [5.41, 5.74) is 11.1. The van der Waals surface area contributed by atoms with Gasteiger partial charge in [0.05, 0.1) is 25.4 Å². The average Bonchev–Trinajstić information content (AvgIpc) is 3.47. The molecule has 12 nitrogen and oxygen atoms in total. The lowest BCUT2D eigenvalue weighted by atomic mass is 9.98. The van der Waals surface area contributed by atoms with Crippen LogP contribution in [0, 0.1) is 17.8 Å². The van der Waals surface area contributed by atoms with Gasteiger partial charge >= 0.3 is 0 Å². The molecule has 12 heteroatoms. The third kappa shape index (κ3) is 5.03. The van der Waals surface area contributed by atoms with Crippen molar-refractivity contribution in [1.29, 1.82) is 0 Å². The normalized spacial score (nSPS) is 21.9. The molecule has 49 heavy (non-hydrogen) atoms. The smallest absolute Gasteiger partial charge is 0.254 e. The number of ether oxygens (including phenoxy) is 2. The summed E-state index contributed by atoms with van der Waals surface area (Å²) in [5, 5.41) is 1.06. The first-order valence-electron chi connectivity index (χ1n) is 17.3. The molecule has 9 rings (SSSR count). The van der Waals surface area contributed by atoms with Gasteiger partial charge in [-0.2, -0.15) is 0 Å². The summed E-state index contributed by atoms with van der Waals surface area (Å²) in [6.45, 7) is 3.40. The molecule has 0 spiro atoms. The van der Waals surface area contributed by atoms with Crippen LogP contribution in [-0.4, -0.2) is 91.6 Å². The van der Waals surface area contributed by atoms with Crippen LogP contribution in [0.3, 0.4) is 0 Å². The number of likely N-dealkylation sites (tertiary alicyclic amines) is 2. The number of nitrogens with zero attached hydrogens (tertiary/aromatic N) is 7. The highest BCUT2D eigenvalue weighted by molar-refractivity contribution is 6.00. The number of nitrogens with two attached hydrogens (primary N) is 1. The van der Waals surface area contributed by atoms with Crippen molar-refractivity contribution in [3.05, 3.63) is 66.0 Å². The zero-order chi connectivity index (χ0) is 33.4. The highest BCUT2D eigenvalue weighted by Gasteiger charge is 2.47. The summed E-state index contributed by atoms with van der Waals surface area (Å²) in [4.78, 5) is 45.3. The molecule has 2 unspecified atom stereocenters. The van der Waals surface area contributed by atoms with Crippen LogP contribution in [-0.2, 0) is 13.1 Å². The second kappa shape index (κ2) is 11.6. The third-order valence-electron chi connectivity index (χ3n) is 11.1. The van der Waals surface area contributed by atoms with Crippen molar-refractivity contribution in [2.45, 2.75) is 50.9 Å². The first kappa shape index (κ1) is 30.1. The third-order valence-corrected chi connectivity index (χ3v) is 11.1. The molecule has 2 aliphatic heterocycles. The Kier molecular flexibility index (Phi) is 7.12. The number of imidazole rings is 1. The molecule has 4 fully saturated rings. The predicted molar refractivity (Wildman–Crippen MR) is 183 cm³/mol. The Morgan fingerprint density at radius 3 is 2.43 bits per heavy atom. The number of hydrogen-bond donors (Lipinski definition) is 1. The topological polar surface area (TPSA) is 134 Å². The van der Waals surface area contributed by atoms with Gasteiger partial charge in [0.15, 0.2) is 5.82 Å². The number of pyridine rings is 2. The Balaban J connectivity index is 1.11. The number of methoxy groups -OCH3 is 2. The first-order valence-corrected chi connectivity index (χ1v) is 17.3. The maximum absolute atomic E-state index is 14.0. The highest BCUT2D eigenvalue weighted by atomic mass is 16.5. The van der Waals surface area contributed by atoms with Gasteiger partial charge < -0.3 is 34.1 Å². The van der Waals surface area contributed by atoms with Crippen LogP contribution >= 0.6 is 0 Å². The van der Waals surface area contributed by atoms with Crippen molar-refractivity contribution >= 4 is 33.9 Å². The largest absolute Gasteiger partial charge is 0.494 e. The fourth-order valence-electron chi connectivity index (χ4n) is 8.29. The molecule has 2 aliphatic carbocycles.